The monoisotopic (exact) mass is 369 g/mol. The third kappa shape index (κ3) is 4.04. The number of hydrogen-bond donors (Lipinski definition) is 2. The maximum Gasteiger partial charge on any atom is 0.260 e. The molecule has 0 bridgehead atoms. The first-order chi connectivity index (χ1) is 12.5. The third-order valence-corrected chi connectivity index (χ3v) is 3.83. The predicted octanol–water partition coefficient (Wildman–Crippen LogP) is 4.38. The number of pyridine rings is 1. The molecule has 0 aliphatic rings. The van der Waals surface area contributed by atoms with Crippen molar-refractivity contribution in [2.45, 2.75) is 0 Å². The molecule has 7 heteroatoms. The average Bonchev–Trinajstić information content (AvgIpc) is 2.64. The van der Waals surface area contributed by atoms with Crippen LogP contribution in [0.25, 0.3) is 0 Å². The van der Waals surface area contributed by atoms with Crippen molar-refractivity contribution in [3.63, 3.8) is 0 Å². The van der Waals surface area contributed by atoms with E-state index >= 15 is 0 Å². The fourth-order valence-electron chi connectivity index (χ4n) is 2.25. The smallest absolute Gasteiger partial charge is 0.260 e. The minimum Gasteiger partial charge on any atom is -0.322 e. The van der Waals surface area contributed by atoms with Gasteiger partial charge in [-0.25, -0.2) is 4.39 Å². The number of carbonyl (C=O) groups excluding carboxylic acids is 2. The molecule has 0 saturated heterocycles. The summed E-state index contributed by atoms with van der Waals surface area (Å²) < 4.78 is 13.8. The van der Waals surface area contributed by atoms with Crippen molar-refractivity contribution in [1.29, 1.82) is 0 Å². The molecule has 0 spiro atoms. The lowest BCUT2D eigenvalue weighted by molar-refractivity contribution is 0.101. The highest BCUT2D eigenvalue weighted by Crippen LogP contribution is 2.21. The van der Waals surface area contributed by atoms with E-state index in [0.717, 1.165) is 6.07 Å². The van der Waals surface area contributed by atoms with Crippen LogP contribution in [-0.4, -0.2) is 16.8 Å². The van der Waals surface area contributed by atoms with Gasteiger partial charge in [0.2, 0.25) is 0 Å². The highest BCUT2D eigenvalue weighted by Gasteiger charge is 2.15. The molecule has 1 heterocycles. The van der Waals surface area contributed by atoms with E-state index in [9.17, 15) is 14.0 Å². The summed E-state index contributed by atoms with van der Waals surface area (Å²) in [6.07, 6.45) is 3.04. The van der Waals surface area contributed by atoms with Gasteiger partial charge in [-0.2, -0.15) is 0 Å². The number of rotatable bonds is 4. The van der Waals surface area contributed by atoms with Crippen molar-refractivity contribution >= 4 is 34.8 Å². The molecule has 26 heavy (non-hydrogen) atoms. The van der Waals surface area contributed by atoms with Gasteiger partial charge in [0.15, 0.2) is 0 Å². The molecule has 2 N–H and O–H groups in total. The zero-order valence-corrected chi connectivity index (χ0v) is 14.1. The molecule has 3 rings (SSSR count). The molecule has 0 aliphatic carbocycles. The number of nitrogens with one attached hydrogen (secondary N) is 2. The van der Waals surface area contributed by atoms with Crippen LogP contribution in [0.3, 0.4) is 0 Å². The van der Waals surface area contributed by atoms with Crippen LogP contribution >= 0.6 is 11.6 Å². The van der Waals surface area contributed by atoms with Crippen molar-refractivity contribution in [3.05, 3.63) is 89.0 Å². The van der Waals surface area contributed by atoms with Crippen LogP contribution in [0.5, 0.6) is 0 Å². The van der Waals surface area contributed by atoms with Crippen molar-refractivity contribution in [3.8, 4) is 0 Å². The topological polar surface area (TPSA) is 71.1 Å². The molecular weight excluding hydrogens is 357 g/mol. The van der Waals surface area contributed by atoms with Gasteiger partial charge >= 0.3 is 0 Å². The Morgan fingerprint density at radius 1 is 0.885 bits per heavy atom. The molecular formula is C19H13ClFN3O2. The first-order valence-corrected chi connectivity index (χ1v) is 7.99. The normalized spacial score (nSPS) is 10.2. The van der Waals surface area contributed by atoms with Crippen LogP contribution in [0.1, 0.15) is 20.7 Å². The number of carbonyl (C=O) groups is 2. The quantitative estimate of drug-likeness (QED) is 0.717. The summed E-state index contributed by atoms with van der Waals surface area (Å²) in [4.78, 5) is 28.1. The SMILES string of the molecule is O=C(Nc1ccc(NC(=O)c2c(F)cccc2Cl)cc1)c1cccnc1. The Morgan fingerprint density at radius 2 is 1.54 bits per heavy atom. The van der Waals surface area contributed by atoms with Gasteiger partial charge in [0, 0.05) is 23.8 Å². The summed E-state index contributed by atoms with van der Waals surface area (Å²) in [7, 11) is 0. The van der Waals surface area contributed by atoms with Gasteiger partial charge in [0.1, 0.15) is 5.82 Å². The zero-order valence-electron chi connectivity index (χ0n) is 13.4. The van der Waals surface area contributed by atoms with Gasteiger partial charge in [-0.3, -0.25) is 14.6 Å². The van der Waals surface area contributed by atoms with Gasteiger partial charge in [0.25, 0.3) is 11.8 Å². The maximum absolute atomic E-state index is 13.8. The molecule has 1 aromatic heterocycles. The zero-order chi connectivity index (χ0) is 18.5. The van der Waals surface area contributed by atoms with Crippen LogP contribution in [0.15, 0.2) is 67.0 Å². The van der Waals surface area contributed by atoms with Gasteiger partial charge in [-0.05, 0) is 48.5 Å². The number of halogens is 2. The second-order valence-electron chi connectivity index (χ2n) is 5.32. The van der Waals surface area contributed by atoms with E-state index in [1.807, 2.05) is 0 Å². The number of benzene rings is 2. The largest absolute Gasteiger partial charge is 0.322 e. The van der Waals surface area contributed by atoms with Gasteiger partial charge in [0.05, 0.1) is 16.1 Å². The standard InChI is InChI=1S/C19H13ClFN3O2/c20-15-4-1-5-16(21)17(15)19(26)24-14-8-6-13(7-9-14)23-18(25)12-3-2-10-22-11-12/h1-11H,(H,23,25)(H,24,26). The van der Waals surface area contributed by atoms with Gasteiger partial charge in [-0.15, -0.1) is 0 Å². The second-order valence-corrected chi connectivity index (χ2v) is 5.73. The van der Waals surface area contributed by atoms with Crippen molar-refractivity contribution in [2.75, 3.05) is 10.6 Å². The average molecular weight is 370 g/mol. The highest BCUT2D eigenvalue weighted by atomic mass is 35.5. The maximum atomic E-state index is 13.8. The number of nitrogens with zero attached hydrogens (tertiary/aromatic N) is 1. The Balaban J connectivity index is 1.68. The van der Waals surface area contributed by atoms with Gasteiger partial charge in [-0.1, -0.05) is 17.7 Å². The van der Waals surface area contributed by atoms with E-state index in [1.165, 1.54) is 18.3 Å². The molecule has 0 saturated carbocycles. The Kier molecular flexibility index (Phi) is 5.24. The molecule has 0 fully saturated rings. The van der Waals surface area contributed by atoms with Crippen LogP contribution < -0.4 is 10.6 Å². The molecule has 0 atom stereocenters. The number of amides is 2. The van der Waals surface area contributed by atoms with E-state index in [1.54, 1.807) is 42.6 Å². The number of aromatic nitrogens is 1. The first kappa shape index (κ1) is 17.6. The van der Waals surface area contributed by atoms with Crippen LogP contribution in [0.4, 0.5) is 15.8 Å². The summed E-state index contributed by atoms with van der Waals surface area (Å²) in [5.41, 5.74) is 1.19. The van der Waals surface area contributed by atoms with E-state index in [2.05, 4.69) is 15.6 Å². The molecule has 130 valence electrons. The summed E-state index contributed by atoms with van der Waals surface area (Å²) in [5.74, 6) is -1.65. The molecule has 2 aromatic carbocycles. The van der Waals surface area contributed by atoms with E-state index in [0.29, 0.717) is 16.9 Å². The minimum atomic E-state index is -0.699. The number of anilines is 2. The lowest BCUT2D eigenvalue weighted by atomic mass is 10.2. The Labute approximate surface area is 153 Å². The molecule has 0 unspecified atom stereocenters. The fraction of sp³-hybridized carbons (Fsp3) is 0. The van der Waals surface area contributed by atoms with Crippen LogP contribution in [0, 0.1) is 5.82 Å². The minimum absolute atomic E-state index is 0.0304. The third-order valence-electron chi connectivity index (χ3n) is 3.51. The summed E-state index contributed by atoms with van der Waals surface area (Å²) in [6.45, 7) is 0. The summed E-state index contributed by atoms with van der Waals surface area (Å²) >= 11 is 5.88. The second kappa shape index (κ2) is 7.76. The van der Waals surface area contributed by atoms with Crippen LogP contribution in [0.2, 0.25) is 5.02 Å². The van der Waals surface area contributed by atoms with Gasteiger partial charge < -0.3 is 10.6 Å². The van der Waals surface area contributed by atoms with Crippen molar-refractivity contribution < 1.29 is 14.0 Å². The van der Waals surface area contributed by atoms with E-state index in [-0.39, 0.29) is 16.5 Å². The Morgan fingerprint density at radius 3 is 2.12 bits per heavy atom. The molecule has 0 aliphatic heterocycles. The lowest BCUT2D eigenvalue weighted by Crippen LogP contribution is -2.15. The fourth-order valence-corrected chi connectivity index (χ4v) is 2.49. The molecule has 5 nitrogen and oxygen atoms in total. The molecule has 3 aromatic rings. The Bertz CT molecular complexity index is 927. The van der Waals surface area contributed by atoms with E-state index in [4.69, 9.17) is 11.6 Å². The molecule has 0 radical (unpaired) electrons. The number of hydrogen-bond acceptors (Lipinski definition) is 3. The lowest BCUT2D eigenvalue weighted by Gasteiger charge is -2.09. The van der Waals surface area contributed by atoms with E-state index < -0.39 is 11.7 Å². The van der Waals surface area contributed by atoms with Crippen LogP contribution in [-0.2, 0) is 0 Å². The summed E-state index contributed by atoms with van der Waals surface area (Å²) in [5, 5.41) is 5.31. The predicted molar refractivity (Wildman–Crippen MR) is 98.0 cm³/mol. The molecule has 2 amide bonds. The Hall–Kier alpha value is -3.25. The summed E-state index contributed by atoms with van der Waals surface area (Å²) in [6, 6.07) is 13.8. The first-order valence-electron chi connectivity index (χ1n) is 7.61. The van der Waals surface area contributed by atoms with Crippen molar-refractivity contribution in [1.82, 2.24) is 4.98 Å². The highest BCUT2D eigenvalue weighted by molar-refractivity contribution is 6.34. The van der Waals surface area contributed by atoms with Crippen molar-refractivity contribution in [2.24, 2.45) is 0 Å².